The van der Waals surface area contributed by atoms with E-state index in [2.05, 4.69) is 4.98 Å². The number of ether oxygens (including phenoxy) is 1. The maximum Gasteiger partial charge on any atom is 0.213 e. The van der Waals surface area contributed by atoms with E-state index in [1.807, 2.05) is 18.2 Å². The Kier molecular flexibility index (Phi) is 1.96. The fourth-order valence-electron chi connectivity index (χ4n) is 1.37. The molecule has 0 bridgehead atoms. The first-order valence-corrected chi connectivity index (χ1v) is 4.51. The van der Waals surface area contributed by atoms with Crippen molar-refractivity contribution in [1.29, 1.82) is 0 Å². The monoisotopic (exact) mass is 178 g/mol. The van der Waals surface area contributed by atoms with Gasteiger partial charge in [-0.3, -0.25) is 0 Å². The van der Waals surface area contributed by atoms with Crippen LogP contribution < -0.4 is 10.5 Å². The van der Waals surface area contributed by atoms with E-state index in [9.17, 15) is 0 Å². The second-order valence-corrected chi connectivity index (χ2v) is 3.71. The molecule has 1 aromatic heterocycles. The van der Waals surface area contributed by atoms with Crippen molar-refractivity contribution < 1.29 is 4.74 Å². The Morgan fingerprint density at radius 2 is 2.31 bits per heavy atom. The van der Waals surface area contributed by atoms with Gasteiger partial charge < -0.3 is 10.5 Å². The molecule has 1 aromatic rings. The Balaban J connectivity index is 2.11. The van der Waals surface area contributed by atoms with E-state index in [-0.39, 0.29) is 5.54 Å². The van der Waals surface area contributed by atoms with Crippen LogP contribution in [0, 0.1) is 0 Å². The van der Waals surface area contributed by atoms with Gasteiger partial charge in [0.1, 0.15) is 0 Å². The van der Waals surface area contributed by atoms with Crippen molar-refractivity contribution in [2.45, 2.75) is 24.8 Å². The average Bonchev–Trinajstić information content (AvgIpc) is 2.84. The predicted molar refractivity (Wildman–Crippen MR) is 50.6 cm³/mol. The number of hydrogen-bond donors (Lipinski definition) is 1. The Bertz CT molecular complexity index is 308. The molecule has 0 amide bonds. The second-order valence-electron chi connectivity index (χ2n) is 3.71. The van der Waals surface area contributed by atoms with E-state index in [0.717, 1.165) is 25.0 Å². The third-order valence-electron chi connectivity index (χ3n) is 2.42. The molecule has 0 aliphatic heterocycles. The van der Waals surface area contributed by atoms with Crippen LogP contribution >= 0.6 is 0 Å². The van der Waals surface area contributed by atoms with Gasteiger partial charge in [0.15, 0.2) is 0 Å². The first-order valence-electron chi connectivity index (χ1n) is 4.51. The van der Waals surface area contributed by atoms with Gasteiger partial charge in [-0.15, -0.1) is 0 Å². The lowest BCUT2D eigenvalue weighted by Gasteiger charge is -2.08. The minimum absolute atomic E-state index is 0.0271. The van der Waals surface area contributed by atoms with E-state index < -0.39 is 0 Å². The first-order chi connectivity index (χ1) is 6.22. The summed E-state index contributed by atoms with van der Waals surface area (Å²) < 4.78 is 5.04. The molecule has 0 atom stereocenters. The topological polar surface area (TPSA) is 48.1 Å². The molecule has 3 nitrogen and oxygen atoms in total. The molecule has 1 saturated carbocycles. The van der Waals surface area contributed by atoms with Crippen LogP contribution in [0.15, 0.2) is 18.2 Å². The molecule has 1 heterocycles. The van der Waals surface area contributed by atoms with Gasteiger partial charge in [-0.2, -0.15) is 0 Å². The van der Waals surface area contributed by atoms with Gasteiger partial charge in [-0.1, -0.05) is 6.07 Å². The van der Waals surface area contributed by atoms with Crippen molar-refractivity contribution >= 4 is 0 Å². The minimum atomic E-state index is 0.0271. The summed E-state index contributed by atoms with van der Waals surface area (Å²) in [6.07, 6.45) is 3.10. The molecule has 13 heavy (non-hydrogen) atoms. The van der Waals surface area contributed by atoms with E-state index in [1.165, 1.54) is 0 Å². The number of aromatic nitrogens is 1. The summed E-state index contributed by atoms with van der Waals surface area (Å²) in [7, 11) is 1.63. The molecule has 0 spiro atoms. The summed E-state index contributed by atoms with van der Waals surface area (Å²) in [6.45, 7) is 0. The van der Waals surface area contributed by atoms with Crippen molar-refractivity contribution in [2.24, 2.45) is 5.73 Å². The highest BCUT2D eigenvalue weighted by Gasteiger charge is 2.38. The maximum atomic E-state index is 5.99. The van der Waals surface area contributed by atoms with Crippen LogP contribution in [0.4, 0.5) is 0 Å². The van der Waals surface area contributed by atoms with E-state index >= 15 is 0 Å². The Morgan fingerprint density at radius 1 is 1.54 bits per heavy atom. The molecule has 1 fully saturated rings. The lowest BCUT2D eigenvalue weighted by molar-refractivity contribution is 0.395. The van der Waals surface area contributed by atoms with Gasteiger partial charge in [0.25, 0.3) is 0 Å². The van der Waals surface area contributed by atoms with Gasteiger partial charge >= 0.3 is 0 Å². The van der Waals surface area contributed by atoms with Crippen molar-refractivity contribution in [3.05, 3.63) is 23.9 Å². The average molecular weight is 178 g/mol. The molecule has 3 heteroatoms. The highest BCUT2D eigenvalue weighted by molar-refractivity contribution is 5.19. The SMILES string of the molecule is COc1cccc(CC2(N)CC2)n1. The van der Waals surface area contributed by atoms with E-state index in [4.69, 9.17) is 10.5 Å². The molecular weight excluding hydrogens is 164 g/mol. The summed E-state index contributed by atoms with van der Waals surface area (Å²) in [6, 6.07) is 5.79. The van der Waals surface area contributed by atoms with Crippen LogP contribution in [0.1, 0.15) is 18.5 Å². The van der Waals surface area contributed by atoms with E-state index in [1.54, 1.807) is 7.11 Å². The molecule has 0 saturated heterocycles. The number of methoxy groups -OCH3 is 1. The fraction of sp³-hybridized carbons (Fsp3) is 0.500. The van der Waals surface area contributed by atoms with Crippen molar-refractivity contribution in [1.82, 2.24) is 4.98 Å². The summed E-state index contributed by atoms with van der Waals surface area (Å²) in [5.74, 6) is 0.668. The molecule has 2 rings (SSSR count). The van der Waals surface area contributed by atoms with Gasteiger partial charge in [0, 0.05) is 23.7 Å². The highest BCUT2D eigenvalue weighted by Crippen LogP contribution is 2.35. The number of pyridine rings is 1. The zero-order valence-corrected chi connectivity index (χ0v) is 7.79. The maximum absolute atomic E-state index is 5.99. The molecule has 0 radical (unpaired) electrons. The number of nitrogens with zero attached hydrogens (tertiary/aromatic N) is 1. The normalized spacial score (nSPS) is 18.3. The fourth-order valence-corrected chi connectivity index (χ4v) is 1.37. The lowest BCUT2D eigenvalue weighted by atomic mass is 10.1. The van der Waals surface area contributed by atoms with Crippen molar-refractivity contribution in [3.8, 4) is 5.88 Å². The smallest absolute Gasteiger partial charge is 0.213 e. The zero-order chi connectivity index (χ0) is 9.31. The number of hydrogen-bond acceptors (Lipinski definition) is 3. The third-order valence-corrected chi connectivity index (χ3v) is 2.42. The Labute approximate surface area is 77.9 Å². The summed E-state index contributed by atoms with van der Waals surface area (Å²) in [5, 5.41) is 0. The van der Waals surface area contributed by atoms with Crippen LogP contribution in [0.2, 0.25) is 0 Å². The molecule has 0 aromatic carbocycles. The zero-order valence-electron chi connectivity index (χ0n) is 7.79. The molecule has 0 unspecified atom stereocenters. The van der Waals surface area contributed by atoms with Gasteiger partial charge in [0.05, 0.1) is 7.11 Å². The lowest BCUT2D eigenvalue weighted by Crippen LogP contribution is -2.24. The summed E-state index contributed by atoms with van der Waals surface area (Å²) >= 11 is 0. The van der Waals surface area contributed by atoms with Crippen LogP contribution in [-0.4, -0.2) is 17.6 Å². The van der Waals surface area contributed by atoms with Crippen molar-refractivity contribution in [3.63, 3.8) is 0 Å². The first kappa shape index (κ1) is 8.51. The summed E-state index contributed by atoms with van der Waals surface area (Å²) in [4.78, 5) is 4.31. The molecule has 70 valence electrons. The molecule has 1 aliphatic carbocycles. The number of nitrogens with two attached hydrogens (primary N) is 1. The van der Waals surface area contributed by atoms with E-state index in [0.29, 0.717) is 5.88 Å². The predicted octanol–water partition coefficient (Wildman–Crippen LogP) is 1.12. The van der Waals surface area contributed by atoms with Gasteiger partial charge in [-0.25, -0.2) is 4.98 Å². The van der Waals surface area contributed by atoms with Crippen molar-refractivity contribution in [2.75, 3.05) is 7.11 Å². The van der Waals surface area contributed by atoms with Crippen LogP contribution in [-0.2, 0) is 6.42 Å². The van der Waals surface area contributed by atoms with Crippen LogP contribution in [0.3, 0.4) is 0 Å². The second kappa shape index (κ2) is 3.00. The van der Waals surface area contributed by atoms with Gasteiger partial charge in [0.2, 0.25) is 5.88 Å². The third kappa shape index (κ3) is 1.98. The molecule has 1 aliphatic rings. The Hall–Kier alpha value is -1.09. The summed E-state index contributed by atoms with van der Waals surface area (Å²) in [5.41, 5.74) is 7.04. The quantitative estimate of drug-likeness (QED) is 0.754. The van der Waals surface area contributed by atoms with Crippen LogP contribution in [0.25, 0.3) is 0 Å². The standard InChI is InChI=1S/C10H14N2O/c1-13-9-4-2-3-8(12-9)7-10(11)5-6-10/h2-4H,5-7,11H2,1H3. The largest absolute Gasteiger partial charge is 0.481 e. The van der Waals surface area contributed by atoms with Crippen LogP contribution in [0.5, 0.6) is 5.88 Å². The number of rotatable bonds is 3. The molecular formula is C10H14N2O. The molecule has 2 N–H and O–H groups in total. The minimum Gasteiger partial charge on any atom is -0.481 e. The highest BCUT2D eigenvalue weighted by atomic mass is 16.5. The Morgan fingerprint density at radius 3 is 2.92 bits per heavy atom. The van der Waals surface area contributed by atoms with Gasteiger partial charge in [-0.05, 0) is 18.9 Å².